The molecule has 1 saturated heterocycles. The quantitative estimate of drug-likeness (QED) is 0.421. The highest BCUT2D eigenvalue weighted by Gasteiger charge is 2.47. The fourth-order valence-corrected chi connectivity index (χ4v) is 3.93. The number of anilines is 2. The van der Waals surface area contributed by atoms with E-state index in [0.717, 1.165) is 28.4 Å². The van der Waals surface area contributed by atoms with E-state index in [9.17, 15) is 36.0 Å². The number of ether oxygens (including phenoxy) is 1. The molecule has 2 aromatic rings. The van der Waals surface area contributed by atoms with E-state index in [0.29, 0.717) is 24.1 Å². The molecule has 0 spiro atoms. The van der Waals surface area contributed by atoms with E-state index >= 15 is 0 Å². The van der Waals surface area contributed by atoms with E-state index in [2.05, 4.69) is 10.3 Å². The minimum atomic E-state index is -5.57. The van der Waals surface area contributed by atoms with Gasteiger partial charge in [0.1, 0.15) is 6.54 Å². The number of rotatable bonds is 8. The molecule has 1 aromatic heterocycles. The van der Waals surface area contributed by atoms with Crippen LogP contribution in [0, 0.1) is 0 Å². The van der Waals surface area contributed by atoms with Crippen LogP contribution in [0.4, 0.5) is 34.1 Å². The number of carbonyl (C=O) groups is 3. The van der Waals surface area contributed by atoms with Crippen molar-refractivity contribution in [2.75, 3.05) is 23.4 Å². The number of pyridine rings is 1. The second-order valence-electron chi connectivity index (χ2n) is 7.46. The van der Waals surface area contributed by atoms with Gasteiger partial charge in [0.05, 0.1) is 35.6 Å². The fourth-order valence-electron chi connectivity index (χ4n) is 3.17. The topological polar surface area (TPSA) is 126 Å². The van der Waals surface area contributed by atoms with Gasteiger partial charge in [0.25, 0.3) is 15.7 Å². The van der Waals surface area contributed by atoms with Crippen LogP contribution in [-0.2, 0) is 25.9 Å². The Bertz CT molecular complexity index is 1220. The van der Waals surface area contributed by atoms with Crippen molar-refractivity contribution in [3.63, 3.8) is 0 Å². The summed E-state index contributed by atoms with van der Waals surface area (Å²) in [7, 11) is -5.57. The Balaban J connectivity index is 1.74. The van der Waals surface area contributed by atoms with Crippen LogP contribution in [0.3, 0.4) is 0 Å². The Kier molecular flexibility index (Phi) is 7.63. The Morgan fingerprint density at radius 1 is 1.17 bits per heavy atom. The average molecular weight is 514 g/mol. The van der Waals surface area contributed by atoms with Crippen LogP contribution in [0.25, 0.3) is 0 Å². The molecule has 1 fully saturated rings. The van der Waals surface area contributed by atoms with E-state index in [-0.39, 0.29) is 31.1 Å². The second kappa shape index (κ2) is 10.3. The fraction of sp³-hybridized carbons (Fsp3) is 0.333. The molecule has 14 heteroatoms. The first-order valence-electron chi connectivity index (χ1n) is 10.4. The summed E-state index contributed by atoms with van der Waals surface area (Å²) in [6.07, 6.45) is 3.62. The standard InChI is InChI=1S/C21H21F3N4O6S/c1-2-3-10-34-19(30)26-17-11-25-9-8-14(17)12-27-13-18(29)28(20(27)31)15-4-6-16(7-5-15)35(32,33)21(22,23)24/h4-9,11H,2-3,10,12-13H2,1H3,(H,26,30). The molecule has 4 amide bonds. The number of hydrogen-bond acceptors (Lipinski definition) is 7. The third-order valence-corrected chi connectivity index (χ3v) is 6.49. The molecule has 1 aromatic carbocycles. The van der Waals surface area contributed by atoms with E-state index < -0.39 is 38.3 Å². The molecule has 0 saturated carbocycles. The number of imide groups is 1. The minimum Gasteiger partial charge on any atom is -0.449 e. The number of amides is 4. The number of benzene rings is 1. The highest BCUT2D eigenvalue weighted by Crippen LogP contribution is 2.32. The van der Waals surface area contributed by atoms with Gasteiger partial charge < -0.3 is 9.64 Å². The third-order valence-electron chi connectivity index (χ3n) is 4.99. The molecule has 10 nitrogen and oxygen atoms in total. The van der Waals surface area contributed by atoms with Gasteiger partial charge in [0.15, 0.2) is 0 Å². The second-order valence-corrected chi connectivity index (χ2v) is 9.40. The highest BCUT2D eigenvalue weighted by atomic mass is 32.2. The van der Waals surface area contributed by atoms with Gasteiger partial charge in [-0.2, -0.15) is 13.2 Å². The number of alkyl halides is 3. The van der Waals surface area contributed by atoms with Crippen molar-refractivity contribution < 1.29 is 40.7 Å². The van der Waals surface area contributed by atoms with Gasteiger partial charge in [-0.15, -0.1) is 0 Å². The summed E-state index contributed by atoms with van der Waals surface area (Å²) < 4.78 is 66.3. The SMILES string of the molecule is CCCCOC(=O)Nc1cnccc1CN1CC(=O)N(c2ccc(S(=O)(=O)C(F)(F)F)cc2)C1=O. The van der Waals surface area contributed by atoms with Crippen molar-refractivity contribution in [3.05, 3.63) is 48.3 Å². The number of aromatic nitrogens is 1. The van der Waals surface area contributed by atoms with Crippen LogP contribution >= 0.6 is 0 Å². The number of sulfone groups is 1. The van der Waals surface area contributed by atoms with Gasteiger partial charge in [-0.25, -0.2) is 22.9 Å². The number of unbranched alkanes of at least 4 members (excludes halogenated alkanes) is 1. The number of carbonyl (C=O) groups excluding carboxylic acids is 3. The zero-order valence-corrected chi connectivity index (χ0v) is 19.2. The smallest absolute Gasteiger partial charge is 0.449 e. The first kappa shape index (κ1) is 25.9. The molecule has 3 rings (SSSR count). The van der Waals surface area contributed by atoms with Crippen LogP contribution < -0.4 is 10.2 Å². The number of urea groups is 1. The molecule has 0 unspecified atom stereocenters. The average Bonchev–Trinajstić information content (AvgIpc) is 3.07. The normalized spacial score (nSPS) is 14.4. The maximum atomic E-state index is 12.9. The molecule has 0 radical (unpaired) electrons. The molecule has 1 aliphatic rings. The molecule has 188 valence electrons. The van der Waals surface area contributed by atoms with Gasteiger partial charge in [0.2, 0.25) is 0 Å². The van der Waals surface area contributed by atoms with Crippen molar-refractivity contribution in [3.8, 4) is 0 Å². The summed E-state index contributed by atoms with van der Waals surface area (Å²) >= 11 is 0. The van der Waals surface area contributed by atoms with Gasteiger partial charge in [-0.3, -0.25) is 15.1 Å². The van der Waals surface area contributed by atoms with E-state index in [4.69, 9.17) is 4.74 Å². The lowest BCUT2D eigenvalue weighted by atomic mass is 10.2. The summed E-state index contributed by atoms with van der Waals surface area (Å²) in [5.41, 5.74) is -4.84. The molecule has 0 bridgehead atoms. The van der Waals surface area contributed by atoms with E-state index in [1.165, 1.54) is 12.4 Å². The molecular formula is C21H21F3N4O6S. The number of nitrogens with one attached hydrogen (secondary N) is 1. The van der Waals surface area contributed by atoms with Crippen LogP contribution in [0.5, 0.6) is 0 Å². The van der Waals surface area contributed by atoms with Crippen molar-refractivity contribution in [1.82, 2.24) is 9.88 Å². The molecule has 0 atom stereocenters. The van der Waals surface area contributed by atoms with Gasteiger partial charge in [-0.05, 0) is 42.3 Å². The summed E-state index contributed by atoms with van der Waals surface area (Å²) in [5, 5.41) is 2.54. The number of nitrogens with zero attached hydrogens (tertiary/aromatic N) is 3. The number of hydrogen-bond donors (Lipinski definition) is 1. The first-order chi connectivity index (χ1) is 16.5. The lowest BCUT2D eigenvalue weighted by molar-refractivity contribution is -0.116. The van der Waals surface area contributed by atoms with E-state index in [1.54, 1.807) is 6.07 Å². The molecule has 2 heterocycles. The summed E-state index contributed by atoms with van der Waals surface area (Å²) in [5.74, 6) is -0.663. The summed E-state index contributed by atoms with van der Waals surface area (Å²) in [4.78, 5) is 42.2. The lowest BCUT2D eigenvalue weighted by Crippen LogP contribution is -2.33. The van der Waals surface area contributed by atoms with Crippen molar-refractivity contribution >= 4 is 39.2 Å². The van der Waals surface area contributed by atoms with Gasteiger partial charge in [0, 0.05) is 6.20 Å². The van der Waals surface area contributed by atoms with Crippen LogP contribution in [-0.4, -0.2) is 55.0 Å². The predicted molar refractivity (Wildman–Crippen MR) is 117 cm³/mol. The summed E-state index contributed by atoms with van der Waals surface area (Å²) in [6.45, 7) is 1.74. The monoisotopic (exact) mass is 514 g/mol. The van der Waals surface area contributed by atoms with Crippen molar-refractivity contribution in [1.29, 1.82) is 0 Å². The maximum absolute atomic E-state index is 12.9. The summed E-state index contributed by atoms with van der Waals surface area (Å²) in [6, 6.07) is 4.02. The molecular weight excluding hydrogens is 493 g/mol. The first-order valence-corrected chi connectivity index (χ1v) is 11.8. The Morgan fingerprint density at radius 2 is 1.86 bits per heavy atom. The zero-order valence-electron chi connectivity index (χ0n) is 18.4. The largest absolute Gasteiger partial charge is 0.501 e. The number of halogens is 3. The maximum Gasteiger partial charge on any atom is 0.501 e. The van der Waals surface area contributed by atoms with Crippen molar-refractivity contribution in [2.45, 2.75) is 36.7 Å². The van der Waals surface area contributed by atoms with Crippen LogP contribution in [0.2, 0.25) is 0 Å². The molecule has 1 N–H and O–H groups in total. The van der Waals surface area contributed by atoms with Gasteiger partial charge >= 0.3 is 17.6 Å². The van der Waals surface area contributed by atoms with Crippen LogP contribution in [0.15, 0.2) is 47.6 Å². The van der Waals surface area contributed by atoms with E-state index in [1.807, 2.05) is 6.92 Å². The third kappa shape index (κ3) is 5.70. The Labute approximate surface area is 198 Å². The minimum absolute atomic E-state index is 0.0868. The van der Waals surface area contributed by atoms with Crippen LogP contribution in [0.1, 0.15) is 25.3 Å². The molecule has 1 aliphatic heterocycles. The zero-order chi connectivity index (χ0) is 25.8. The molecule has 35 heavy (non-hydrogen) atoms. The lowest BCUT2D eigenvalue weighted by Gasteiger charge is -2.19. The highest BCUT2D eigenvalue weighted by molar-refractivity contribution is 7.92. The molecule has 0 aliphatic carbocycles. The van der Waals surface area contributed by atoms with Gasteiger partial charge in [-0.1, -0.05) is 13.3 Å². The Hall–Kier alpha value is -3.68. The predicted octanol–water partition coefficient (Wildman–Crippen LogP) is 3.69. The van der Waals surface area contributed by atoms with Crippen molar-refractivity contribution in [2.24, 2.45) is 0 Å². The Morgan fingerprint density at radius 3 is 2.49 bits per heavy atom.